The molecule has 1 heterocycles. The molecule has 1 aromatic carbocycles. The molecular formula is C18H20FN3O4. The third kappa shape index (κ3) is 4.47. The Bertz CT molecular complexity index is 845. The highest BCUT2D eigenvalue weighted by atomic mass is 19.1. The average Bonchev–Trinajstić information content (AvgIpc) is 2.88. The Kier molecular flexibility index (Phi) is 6.11. The molecule has 2 aromatic rings. The molecule has 0 saturated carbocycles. The molecule has 0 bridgehead atoms. The minimum atomic E-state index is -0.916. The molecule has 138 valence electrons. The highest BCUT2D eigenvalue weighted by Crippen LogP contribution is 2.16. The van der Waals surface area contributed by atoms with Crippen LogP contribution >= 0.6 is 0 Å². The van der Waals surface area contributed by atoms with Gasteiger partial charge in [0.2, 0.25) is 0 Å². The van der Waals surface area contributed by atoms with Gasteiger partial charge in [-0.1, -0.05) is 12.1 Å². The molecule has 8 heteroatoms. The normalized spacial score (nSPS) is 10.3. The van der Waals surface area contributed by atoms with Crippen LogP contribution in [-0.2, 0) is 16.1 Å². The molecule has 0 aliphatic rings. The molecule has 0 atom stereocenters. The molecule has 7 nitrogen and oxygen atoms in total. The minimum absolute atomic E-state index is 0.0678. The third-order valence-corrected chi connectivity index (χ3v) is 3.82. The predicted molar refractivity (Wildman–Crippen MR) is 93.4 cm³/mol. The van der Waals surface area contributed by atoms with Gasteiger partial charge in [0.05, 0.1) is 11.3 Å². The molecule has 0 unspecified atom stereocenters. The third-order valence-electron chi connectivity index (χ3n) is 3.82. The van der Waals surface area contributed by atoms with E-state index >= 15 is 0 Å². The number of anilines is 1. The molecule has 0 saturated heterocycles. The summed E-state index contributed by atoms with van der Waals surface area (Å²) >= 11 is 0. The number of halogens is 1. The summed E-state index contributed by atoms with van der Waals surface area (Å²) in [5.41, 5.74) is 1.95. The second kappa shape index (κ2) is 8.28. The Labute approximate surface area is 150 Å². The standard InChI is InChI=1S/C18H20FN3O4/c1-4-22-11(2)9-13(12(22)3)17(24)26-10-16(23)21-18(25)20-15-8-6-5-7-14(15)19/h5-9H,4,10H2,1-3H3,(H2,20,21,23,25). The molecule has 2 N–H and O–H groups in total. The van der Waals surface area contributed by atoms with Crippen molar-refractivity contribution in [3.05, 3.63) is 53.1 Å². The van der Waals surface area contributed by atoms with Gasteiger partial charge in [-0.3, -0.25) is 10.1 Å². The van der Waals surface area contributed by atoms with E-state index in [0.29, 0.717) is 12.1 Å². The Morgan fingerprint density at radius 2 is 1.88 bits per heavy atom. The number of para-hydroxylation sites is 1. The smallest absolute Gasteiger partial charge is 0.340 e. The maximum atomic E-state index is 13.4. The molecule has 0 radical (unpaired) electrons. The lowest BCUT2D eigenvalue weighted by Crippen LogP contribution is -2.37. The van der Waals surface area contributed by atoms with Gasteiger partial charge in [0.1, 0.15) is 5.82 Å². The minimum Gasteiger partial charge on any atom is -0.452 e. The van der Waals surface area contributed by atoms with Crippen LogP contribution in [0.1, 0.15) is 28.7 Å². The molecule has 0 fully saturated rings. The van der Waals surface area contributed by atoms with Crippen LogP contribution in [0.2, 0.25) is 0 Å². The van der Waals surface area contributed by atoms with Crippen molar-refractivity contribution in [1.82, 2.24) is 9.88 Å². The van der Waals surface area contributed by atoms with E-state index in [-0.39, 0.29) is 5.69 Å². The first-order chi connectivity index (χ1) is 12.3. The van der Waals surface area contributed by atoms with E-state index in [9.17, 15) is 18.8 Å². The van der Waals surface area contributed by atoms with Gasteiger partial charge in [-0.05, 0) is 39.0 Å². The number of esters is 1. The number of amides is 3. The lowest BCUT2D eigenvalue weighted by molar-refractivity contribution is -0.123. The molecule has 26 heavy (non-hydrogen) atoms. The van der Waals surface area contributed by atoms with Crippen LogP contribution in [0, 0.1) is 19.7 Å². The van der Waals surface area contributed by atoms with Crippen LogP contribution in [0.15, 0.2) is 30.3 Å². The summed E-state index contributed by atoms with van der Waals surface area (Å²) in [6.07, 6.45) is 0. The van der Waals surface area contributed by atoms with Crippen LogP contribution in [-0.4, -0.2) is 29.1 Å². The first-order valence-electron chi connectivity index (χ1n) is 8.02. The van der Waals surface area contributed by atoms with Gasteiger partial charge in [-0.2, -0.15) is 0 Å². The highest BCUT2D eigenvalue weighted by Gasteiger charge is 2.18. The first-order valence-corrected chi connectivity index (χ1v) is 8.02. The fourth-order valence-electron chi connectivity index (χ4n) is 2.58. The van der Waals surface area contributed by atoms with E-state index in [0.717, 1.165) is 11.4 Å². The zero-order valence-electron chi connectivity index (χ0n) is 14.8. The first kappa shape index (κ1) is 19.2. The van der Waals surface area contributed by atoms with Gasteiger partial charge in [0, 0.05) is 17.9 Å². The fourth-order valence-corrected chi connectivity index (χ4v) is 2.58. The van der Waals surface area contributed by atoms with Crippen LogP contribution < -0.4 is 10.6 Å². The number of hydrogen-bond donors (Lipinski definition) is 2. The summed E-state index contributed by atoms with van der Waals surface area (Å²) in [4.78, 5) is 35.5. The summed E-state index contributed by atoms with van der Waals surface area (Å²) in [6.45, 7) is 5.69. The number of nitrogens with zero attached hydrogens (tertiary/aromatic N) is 1. The van der Waals surface area contributed by atoms with Crippen molar-refractivity contribution in [3.63, 3.8) is 0 Å². The average molecular weight is 361 g/mol. The highest BCUT2D eigenvalue weighted by molar-refractivity contribution is 6.02. The summed E-state index contributed by atoms with van der Waals surface area (Å²) in [6, 6.07) is 6.30. The van der Waals surface area contributed by atoms with Crippen molar-refractivity contribution in [1.29, 1.82) is 0 Å². The number of aromatic nitrogens is 1. The second-order valence-electron chi connectivity index (χ2n) is 5.59. The lowest BCUT2D eigenvalue weighted by Gasteiger charge is -2.08. The quantitative estimate of drug-likeness (QED) is 0.802. The van der Waals surface area contributed by atoms with Crippen molar-refractivity contribution in [3.8, 4) is 0 Å². The monoisotopic (exact) mass is 361 g/mol. The van der Waals surface area contributed by atoms with Gasteiger partial charge in [-0.25, -0.2) is 14.0 Å². The van der Waals surface area contributed by atoms with Crippen LogP contribution in [0.25, 0.3) is 0 Å². The predicted octanol–water partition coefficient (Wildman–Crippen LogP) is 2.77. The van der Waals surface area contributed by atoms with Crippen molar-refractivity contribution >= 4 is 23.6 Å². The second-order valence-corrected chi connectivity index (χ2v) is 5.59. The zero-order chi connectivity index (χ0) is 19.3. The Balaban J connectivity index is 1.87. The fraction of sp³-hybridized carbons (Fsp3) is 0.278. The summed E-state index contributed by atoms with van der Waals surface area (Å²) in [5.74, 6) is -2.10. The number of benzene rings is 1. The van der Waals surface area contributed by atoms with Gasteiger partial charge >= 0.3 is 12.0 Å². The van der Waals surface area contributed by atoms with Crippen molar-refractivity contribution in [2.75, 3.05) is 11.9 Å². The van der Waals surface area contributed by atoms with Gasteiger partial charge in [-0.15, -0.1) is 0 Å². The molecule has 2 rings (SSSR count). The van der Waals surface area contributed by atoms with Crippen molar-refractivity contribution < 1.29 is 23.5 Å². The van der Waals surface area contributed by atoms with E-state index in [1.165, 1.54) is 24.3 Å². The van der Waals surface area contributed by atoms with Crippen molar-refractivity contribution in [2.24, 2.45) is 0 Å². The SMILES string of the molecule is CCn1c(C)cc(C(=O)OCC(=O)NC(=O)Nc2ccccc2F)c1C. The summed E-state index contributed by atoms with van der Waals surface area (Å²) < 4.78 is 20.3. The molecular weight excluding hydrogens is 341 g/mol. The number of aryl methyl sites for hydroxylation is 1. The van der Waals surface area contributed by atoms with Crippen LogP contribution in [0.3, 0.4) is 0 Å². The molecule has 1 aromatic heterocycles. The van der Waals surface area contributed by atoms with E-state index < -0.39 is 30.3 Å². The van der Waals surface area contributed by atoms with Crippen LogP contribution in [0.4, 0.5) is 14.9 Å². The Morgan fingerprint density at radius 3 is 2.50 bits per heavy atom. The number of imide groups is 1. The Hall–Kier alpha value is -3.16. The maximum Gasteiger partial charge on any atom is 0.340 e. The number of ether oxygens (including phenoxy) is 1. The van der Waals surface area contributed by atoms with E-state index in [1.807, 2.05) is 23.7 Å². The van der Waals surface area contributed by atoms with Crippen molar-refractivity contribution in [2.45, 2.75) is 27.3 Å². The number of rotatable bonds is 5. The topological polar surface area (TPSA) is 89.4 Å². The number of hydrogen-bond acceptors (Lipinski definition) is 4. The summed E-state index contributed by atoms with van der Waals surface area (Å²) in [5, 5.41) is 4.17. The lowest BCUT2D eigenvalue weighted by atomic mass is 10.2. The molecule has 0 spiro atoms. The summed E-state index contributed by atoms with van der Waals surface area (Å²) in [7, 11) is 0. The van der Waals surface area contributed by atoms with E-state index in [2.05, 4.69) is 5.32 Å². The van der Waals surface area contributed by atoms with E-state index in [1.54, 1.807) is 13.0 Å². The maximum absolute atomic E-state index is 13.4. The van der Waals surface area contributed by atoms with E-state index in [4.69, 9.17) is 4.74 Å². The molecule has 0 aliphatic carbocycles. The number of urea groups is 1. The van der Waals surface area contributed by atoms with Crippen LogP contribution in [0.5, 0.6) is 0 Å². The number of nitrogens with one attached hydrogen (secondary N) is 2. The Morgan fingerprint density at radius 1 is 1.19 bits per heavy atom. The van der Waals surface area contributed by atoms with Gasteiger partial charge in [0.25, 0.3) is 5.91 Å². The number of carbonyl (C=O) groups is 3. The zero-order valence-corrected chi connectivity index (χ0v) is 14.8. The largest absolute Gasteiger partial charge is 0.452 e. The van der Waals surface area contributed by atoms with Gasteiger partial charge < -0.3 is 14.6 Å². The van der Waals surface area contributed by atoms with Gasteiger partial charge in [0.15, 0.2) is 6.61 Å². The number of carbonyl (C=O) groups excluding carboxylic acids is 3. The molecule has 3 amide bonds. The molecule has 0 aliphatic heterocycles.